The number of imidazole rings is 2. The fourth-order valence-electron chi connectivity index (χ4n) is 9.27. The van der Waals surface area contributed by atoms with E-state index in [0.717, 1.165) is 70.4 Å². The summed E-state index contributed by atoms with van der Waals surface area (Å²) in [5, 5.41) is 25.5. The molecule has 16 heteroatoms. The SMILES string of the molecule is COC(O)NC(C(=O)N1CCCC1c1ncc(-c2ccc3c(c2)OC(CC2C=CC=CC2)n2c-3c(Cl)c3cc(-c4cnc(CN(CC(C)F)C(O)C(N)C(C)C)[nH]4)ccc32)[nH]1)C(C)C. The second-order valence-corrected chi connectivity index (χ2v) is 18.5. The molecule has 0 spiro atoms. The van der Waals surface area contributed by atoms with Crippen LogP contribution in [0.2, 0.25) is 5.02 Å². The number of halogens is 2. The van der Waals surface area contributed by atoms with E-state index in [-0.39, 0.29) is 49.0 Å². The lowest BCUT2D eigenvalue weighted by Gasteiger charge is -2.33. The number of H-pyrrole nitrogens is 2. The zero-order valence-electron chi connectivity index (χ0n) is 37.3. The number of fused-ring (bicyclic) bond motifs is 5. The fraction of sp³-hybridized carbons (Fsp3) is 0.479. The molecule has 3 aromatic heterocycles. The molecule has 342 valence electrons. The number of allylic oxidation sites excluding steroid dienone is 4. The number of benzene rings is 2. The highest BCUT2D eigenvalue weighted by Gasteiger charge is 2.38. The average Bonchev–Trinajstić information content (AvgIpc) is 4.11. The van der Waals surface area contributed by atoms with Crippen LogP contribution in [0.5, 0.6) is 5.75 Å². The van der Waals surface area contributed by atoms with Crippen LogP contribution in [0.25, 0.3) is 44.7 Å². The number of rotatable bonds is 17. The molecular weight excluding hydrogens is 837 g/mol. The number of aliphatic hydroxyl groups is 2. The molecule has 1 fully saturated rings. The zero-order valence-corrected chi connectivity index (χ0v) is 38.1. The number of carbonyl (C=O) groups is 1. The third-order valence-corrected chi connectivity index (χ3v) is 13.2. The molecule has 7 N–H and O–H groups in total. The molecule has 8 atom stereocenters. The van der Waals surface area contributed by atoms with Gasteiger partial charge in [-0.15, -0.1) is 0 Å². The van der Waals surface area contributed by atoms with Crippen LogP contribution in [0.4, 0.5) is 4.39 Å². The first kappa shape index (κ1) is 45.7. The van der Waals surface area contributed by atoms with Crippen LogP contribution in [0, 0.1) is 17.8 Å². The van der Waals surface area contributed by atoms with Gasteiger partial charge >= 0.3 is 0 Å². The van der Waals surface area contributed by atoms with Gasteiger partial charge in [0.15, 0.2) is 6.23 Å². The first-order valence-electron chi connectivity index (χ1n) is 22.4. The van der Waals surface area contributed by atoms with Crippen molar-refractivity contribution >= 4 is 28.4 Å². The zero-order chi connectivity index (χ0) is 45.4. The number of hydrogen-bond acceptors (Lipinski definition) is 10. The summed E-state index contributed by atoms with van der Waals surface area (Å²) in [5.74, 6) is 2.06. The molecule has 8 rings (SSSR count). The molecule has 64 heavy (non-hydrogen) atoms. The van der Waals surface area contributed by atoms with Crippen LogP contribution in [0.15, 0.2) is 73.1 Å². The monoisotopic (exact) mass is 897 g/mol. The number of likely N-dealkylation sites (tertiary alicyclic amines) is 1. The van der Waals surface area contributed by atoms with Crippen LogP contribution < -0.4 is 15.8 Å². The summed E-state index contributed by atoms with van der Waals surface area (Å²) in [4.78, 5) is 33.6. The lowest BCUT2D eigenvalue weighted by molar-refractivity contribution is -0.145. The van der Waals surface area contributed by atoms with Crippen molar-refractivity contribution in [1.82, 2.24) is 39.6 Å². The first-order chi connectivity index (χ1) is 30.7. The van der Waals surface area contributed by atoms with E-state index >= 15 is 0 Å². The van der Waals surface area contributed by atoms with Gasteiger partial charge in [-0.3, -0.25) is 15.0 Å². The Morgan fingerprint density at radius 1 is 1.06 bits per heavy atom. The third kappa shape index (κ3) is 9.30. The van der Waals surface area contributed by atoms with E-state index in [4.69, 9.17) is 31.8 Å². The Balaban J connectivity index is 1.10. The van der Waals surface area contributed by atoms with Gasteiger partial charge in [0.2, 0.25) is 12.3 Å². The van der Waals surface area contributed by atoms with Crippen molar-refractivity contribution in [1.29, 1.82) is 0 Å². The minimum absolute atomic E-state index is 0.00226. The number of ether oxygens (including phenoxy) is 2. The molecule has 1 aliphatic carbocycles. The number of nitrogens with two attached hydrogens (primary N) is 1. The molecule has 2 aromatic carbocycles. The van der Waals surface area contributed by atoms with Gasteiger partial charge in [0, 0.05) is 54.7 Å². The van der Waals surface area contributed by atoms with E-state index < -0.39 is 30.9 Å². The Kier molecular flexibility index (Phi) is 13.8. The molecule has 3 aliphatic rings. The number of aliphatic hydroxyl groups excluding tert-OH is 2. The van der Waals surface area contributed by atoms with Crippen molar-refractivity contribution in [2.24, 2.45) is 23.5 Å². The average molecular weight is 899 g/mol. The van der Waals surface area contributed by atoms with Crippen LogP contribution in [0.3, 0.4) is 0 Å². The summed E-state index contributed by atoms with van der Waals surface area (Å²) in [6.45, 7) is 9.99. The largest absolute Gasteiger partial charge is 0.469 e. The van der Waals surface area contributed by atoms with E-state index in [0.29, 0.717) is 29.0 Å². The normalized spacial score (nSPS) is 20.8. The second-order valence-electron chi connectivity index (χ2n) is 18.1. The minimum atomic E-state index is -1.25. The summed E-state index contributed by atoms with van der Waals surface area (Å²) in [7, 11) is 1.39. The van der Waals surface area contributed by atoms with Crippen molar-refractivity contribution in [3.05, 3.63) is 89.8 Å². The molecule has 8 unspecified atom stereocenters. The second kappa shape index (κ2) is 19.3. The Morgan fingerprint density at radius 2 is 1.81 bits per heavy atom. The number of nitrogens with one attached hydrogen (secondary N) is 3. The smallest absolute Gasteiger partial charge is 0.240 e. The molecule has 1 saturated heterocycles. The highest BCUT2D eigenvalue weighted by molar-refractivity contribution is 6.38. The van der Waals surface area contributed by atoms with Gasteiger partial charge in [-0.2, -0.15) is 0 Å². The number of hydrogen-bond donors (Lipinski definition) is 6. The van der Waals surface area contributed by atoms with Crippen LogP contribution in [-0.2, 0) is 16.1 Å². The summed E-state index contributed by atoms with van der Waals surface area (Å²) < 4.78 is 28.4. The Labute approximate surface area is 378 Å². The van der Waals surface area contributed by atoms with Crippen molar-refractivity contribution < 1.29 is 28.9 Å². The van der Waals surface area contributed by atoms with Crippen LogP contribution in [-0.4, -0.2) is 102 Å². The lowest BCUT2D eigenvalue weighted by Crippen LogP contribution is -2.52. The molecule has 5 heterocycles. The predicted octanol–water partition coefficient (Wildman–Crippen LogP) is 7.82. The summed E-state index contributed by atoms with van der Waals surface area (Å²) >= 11 is 7.45. The Morgan fingerprint density at radius 3 is 2.53 bits per heavy atom. The lowest BCUT2D eigenvalue weighted by atomic mass is 9.95. The van der Waals surface area contributed by atoms with Crippen LogP contribution in [0.1, 0.15) is 84.2 Å². The molecule has 2 aliphatic heterocycles. The van der Waals surface area contributed by atoms with Crippen molar-refractivity contribution in [3.63, 3.8) is 0 Å². The summed E-state index contributed by atoms with van der Waals surface area (Å²) in [6, 6.07) is 10.8. The standard InChI is InChI=1S/C48H61ClFN9O5/c1-26(2)42(51)46(60)57(24-28(5)50)25-39-52-22-34(54-39)30-15-17-36-33(20-30)41(49)44-32-16-14-31(21-38(32)64-40(59(36)44)19-29-11-8-7-9-12-29)35-23-53-45(55-35)37-13-10-18-58(37)47(61)43(27(3)4)56-48(62)63-6/h7-9,11,14-17,20-23,26-29,37,40,42-43,46,48,56,60,62H,10,12-13,18-19,24-25,51H2,1-6H3,(H,52,54)(H,53,55). The quantitative estimate of drug-likeness (QED) is 0.0504. The third-order valence-electron chi connectivity index (χ3n) is 12.8. The van der Waals surface area contributed by atoms with Crippen molar-refractivity contribution in [2.75, 3.05) is 20.2 Å². The van der Waals surface area contributed by atoms with E-state index in [9.17, 15) is 19.4 Å². The molecule has 0 bridgehead atoms. The molecule has 5 aromatic rings. The number of alkyl halides is 1. The van der Waals surface area contributed by atoms with Crippen molar-refractivity contribution in [3.8, 4) is 39.5 Å². The first-order valence-corrected chi connectivity index (χ1v) is 22.8. The molecule has 1 amide bonds. The topological polar surface area (TPSA) is 183 Å². The minimum Gasteiger partial charge on any atom is -0.469 e. The molecule has 0 radical (unpaired) electrons. The summed E-state index contributed by atoms with van der Waals surface area (Å²) in [5.41, 5.74) is 12.3. The maximum Gasteiger partial charge on any atom is 0.240 e. The maximum absolute atomic E-state index is 14.3. The van der Waals surface area contributed by atoms with Gasteiger partial charge in [-0.25, -0.2) is 14.4 Å². The van der Waals surface area contributed by atoms with Gasteiger partial charge in [-0.1, -0.05) is 75.7 Å². The number of amides is 1. The van der Waals surface area contributed by atoms with Crippen molar-refractivity contribution in [2.45, 2.75) is 110 Å². The number of carbonyl (C=O) groups excluding carboxylic acids is 1. The van der Waals surface area contributed by atoms with E-state index in [1.54, 1.807) is 17.3 Å². The number of aromatic amines is 2. The maximum atomic E-state index is 14.3. The fourth-order valence-corrected chi connectivity index (χ4v) is 9.61. The van der Waals surface area contributed by atoms with Gasteiger partial charge in [-0.05, 0) is 68.2 Å². The predicted molar refractivity (Wildman–Crippen MR) is 246 cm³/mol. The highest BCUT2D eigenvalue weighted by Crippen LogP contribution is 2.50. The summed E-state index contributed by atoms with van der Waals surface area (Å²) in [6.07, 6.45) is 11.5. The van der Waals surface area contributed by atoms with E-state index in [1.807, 2.05) is 56.9 Å². The van der Waals surface area contributed by atoms with Crippen LogP contribution >= 0.6 is 11.6 Å². The molecule has 0 saturated carbocycles. The van der Waals surface area contributed by atoms with E-state index in [1.165, 1.54) is 14.0 Å². The highest BCUT2D eigenvalue weighted by atomic mass is 35.5. The number of aromatic nitrogens is 5. The molecular formula is C48H61ClFN9O5. The Bertz CT molecular complexity index is 2500. The molecule has 14 nitrogen and oxygen atoms in total. The van der Waals surface area contributed by atoms with Gasteiger partial charge in [0.25, 0.3) is 0 Å². The van der Waals surface area contributed by atoms with Gasteiger partial charge in [0.1, 0.15) is 29.8 Å². The van der Waals surface area contributed by atoms with Gasteiger partial charge < -0.3 is 44.9 Å². The Hall–Kier alpha value is -4.87. The number of methoxy groups -OCH3 is 1. The van der Waals surface area contributed by atoms with Gasteiger partial charge in [0.05, 0.1) is 58.6 Å². The number of nitrogens with zero attached hydrogens (tertiary/aromatic N) is 5. The van der Waals surface area contributed by atoms with E-state index in [2.05, 4.69) is 61.3 Å².